The normalized spacial score (nSPS) is 16.8. The number of hydrogen-bond acceptors (Lipinski definition) is 5. The van der Waals surface area contributed by atoms with Crippen LogP contribution in [-0.4, -0.2) is 44.8 Å². The number of benzene rings is 3. The molecule has 1 fully saturated rings. The highest BCUT2D eigenvalue weighted by atomic mass is 32.2. The summed E-state index contributed by atoms with van der Waals surface area (Å²) in [6.45, 7) is 0.380. The van der Waals surface area contributed by atoms with Gasteiger partial charge in [0.05, 0.1) is 11.3 Å². The van der Waals surface area contributed by atoms with Crippen molar-refractivity contribution in [2.24, 2.45) is 4.99 Å². The van der Waals surface area contributed by atoms with Crippen LogP contribution in [0.25, 0.3) is 0 Å². The van der Waals surface area contributed by atoms with Crippen LogP contribution in [0.1, 0.15) is 22.3 Å². The lowest BCUT2D eigenvalue weighted by Gasteiger charge is -2.32. The molecule has 0 spiro atoms. The Labute approximate surface area is 205 Å². The third-order valence-corrected chi connectivity index (χ3v) is 6.52. The molecular weight excluding hydrogens is 469 g/mol. The number of nitrogens with one attached hydrogen (secondary N) is 1. The van der Waals surface area contributed by atoms with E-state index in [1.54, 1.807) is 11.0 Å². The van der Waals surface area contributed by atoms with Gasteiger partial charge in [0, 0.05) is 18.7 Å². The number of carboxylic acids is 1. The number of hydrogen-bond donors (Lipinski definition) is 2. The van der Waals surface area contributed by atoms with Gasteiger partial charge in [-0.3, -0.25) is 14.5 Å². The number of anilines is 1. The van der Waals surface area contributed by atoms with E-state index in [4.69, 9.17) is 0 Å². The Bertz CT molecular complexity index is 1270. The average molecular weight is 492 g/mol. The number of thioether (sulfide) groups is 1. The quantitative estimate of drug-likeness (QED) is 0.498. The van der Waals surface area contributed by atoms with E-state index < -0.39 is 22.9 Å². The summed E-state index contributed by atoms with van der Waals surface area (Å²) in [5.41, 5.74) is 1.89. The van der Waals surface area contributed by atoms with Gasteiger partial charge >= 0.3 is 5.97 Å². The van der Waals surface area contributed by atoms with E-state index >= 15 is 0 Å². The van der Waals surface area contributed by atoms with Crippen molar-refractivity contribution < 1.29 is 23.9 Å². The number of nitrogens with zero attached hydrogens (tertiary/aromatic N) is 2. The van der Waals surface area contributed by atoms with Crippen LogP contribution in [0.5, 0.6) is 0 Å². The number of carbonyl (C=O) groups excluding carboxylic acids is 2. The SMILES string of the molecule is O=C(O)c1cccc(NC(=O)C2CC(=O)N(CCc3ccccc3)C(=Nc3ccc(F)cc3)S2)c1. The van der Waals surface area contributed by atoms with Crippen LogP contribution < -0.4 is 5.32 Å². The van der Waals surface area contributed by atoms with Crippen molar-refractivity contribution in [3.63, 3.8) is 0 Å². The zero-order valence-electron chi connectivity index (χ0n) is 18.6. The van der Waals surface area contributed by atoms with Gasteiger partial charge in [-0.1, -0.05) is 48.2 Å². The van der Waals surface area contributed by atoms with Crippen LogP contribution in [-0.2, 0) is 16.0 Å². The fourth-order valence-electron chi connectivity index (χ4n) is 3.53. The number of amidine groups is 1. The van der Waals surface area contributed by atoms with Crippen LogP contribution in [0.15, 0.2) is 83.9 Å². The minimum atomic E-state index is -1.11. The molecule has 0 aliphatic carbocycles. The second-order valence-electron chi connectivity index (χ2n) is 7.84. The van der Waals surface area contributed by atoms with Crippen LogP contribution in [0, 0.1) is 5.82 Å². The van der Waals surface area contributed by atoms with Crippen molar-refractivity contribution in [3.05, 3.63) is 95.8 Å². The molecule has 1 heterocycles. The molecule has 1 unspecified atom stereocenters. The maximum absolute atomic E-state index is 13.4. The summed E-state index contributed by atoms with van der Waals surface area (Å²) >= 11 is 1.15. The van der Waals surface area contributed by atoms with Crippen molar-refractivity contribution in [2.45, 2.75) is 18.1 Å². The fourth-order valence-corrected chi connectivity index (χ4v) is 4.65. The molecule has 1 atom stereocenters. The standard InChI is InChI=1S/C26H22FN3O4S/c27-19-9-11-20(12-10-19)29-26-30(14-13-17-5-2-1-3-6-17)23(31)16-22(35-26)24(32)28-21-8-4-7-18(15-21)25(33)34/h1-12,15,22H,13-14,16H2,(H,28,32)(H,33,34). The molecule has 0 bridgehead atoms. The molecule has 3 aromatic rings. The number of rotatable bonds is 7. The van der Waals surface area contributed by atoms with E-state index in [-0.39, 0.29) is 17.9 Å². The minimum Gasteiger partial charge on any atom is -0.478 e. The predicted molar refractivity (Wildman–Crippen MR) is 133 cm³/mol. The van der Waals surface area contributed by atoms with E-state index in [0.717, 1.165) is 17.3 Å². The summed E-state index contributed by atoms with van der Waals surface area (Å²) in [5.74, 6) is -2.19. The molecule has 0 radical (unpaired) electrons. The van der Waals surface area contributed by atoms with E-state index in [2.05, 4.69) is 10.3 Å². The Kier molecular flexibility index (Phi) is 7.57. The first-order valence-electron chi connectivity index (χ1n) is 10.9. The summed E-state index contributed by atoms with van der Waals surface area (Å²) in [6, 6.07) is 21.2. The summed E-state index contributed by atoms with van der Waals surface area (Å²) in [4.78, 5) is 43.4. The van der Waals surface area contributed by atoms with Gasteiger partial charge in [0.2, 0.25) is 11.8 Å². The van der Waals surface area contributed by atoms with E-state index in [1.807, 2.05) is 30.3 Å². The summed E-state index contributed by atoms with van der Waals surface area (Å²) in [6.07, 6.45) is 0.570. The summed E-state index contributed by atoms with van der Waals surface area (Å²) in [7, 11) is 0. The van der Waals surface area contributed by atoms with Gasteiger partial charge in [0.1, 0.15) is 11.1 Å². The van der Waals surface area contributed by atoms with Crippen molar-refractivity contribution in [3.8, 4) is 0 Å². The van der Waals surface area contributed by atoms with Crippen molar-refractivity contribution in [1.82, 2.24) is 4.90 Å². The number of aliphatic imine (C=N–C) groups is 1. The number of carbonyl (C=O) groups is 3. The number of amides is 2. The predicted octanol–water partition coefficient (Wildman–Crippen LogP) is 4.73. The highest BCUT2D eigenvalue weighted by Crippen LogP contribution is 2.30. The van der Waals surface area contributed by atoms with Crippen LogP contribution in [0.4, 0.5) is 15.8 Å². The molecule has 2 amide bonds. The monoisotopic (exact) mass is 491 g/mol. The van der Waals surface area contributed by atoms with Gasteiger partial charge in [-0.2, -0.15) is 0 Å². The first-order chi connectivity index (χ1) is 16.9. The average Bonchev–Trinajstić information content (AvgIpc) is 2.85. The number of aromatic carboxylic acids is 1. The number of carboxylic acid groups (broad SMARTS) is 1. The fraction of sp³-hybridized carbons (Fsp3) is 0.154. The molecule has 35 heavy (non-hydrogen) atoms. The van der Waals surface area contributed by atoms with Gasteiger partial charge < -0.3 is 10.4 Å². The highest BCUT2D eigenvalue weighted by Gasteiger charge is 2.35. The lowest BCUT2D eigenvalue weighted by molar-refractivity contribution is -0.129. The van der Waals surface area contributed by atoms with Gasteiger partial charge in [0.25, 0.3) is 0 Å². The van der Waals surface area contributed by atoms with Gasteiger partial charge in [-0.15, -0.1) is 0 Å². The second kappa shape index (κ2) is 11.0. The highest BCUT2D eigenvalue weighted by molar-refractivity contribution is 8.15. The Morgan fingerprint density at radius 2 is 1.80 bits per heavy atom. The van der Waals surface area contributed by atoms with E-state index in [1.165, 1.54) is 42.5 Å². The molecule has 9 heteroatoms. The lowest BCUT2D eigenvalue weighted by Crippen LogP contribution is -2.46. The van der Waals surface area contributed by atoms with E-state index in [0.29, 0.717) is 29.5 Å². The molecule has 1 aliphatic rings. The minimum absolute atomic E-state index is 0.0354. The zero-order chi connectivity index (χ0) is 24.8. The molecule has 1 aliphatic heterocycles. The molecule has 7 nitrogen and oxygen atoms in total. The third kappa shape index (κ3) is 6.33. The molecule has 1 saturated heterocycles. The van der Waals surface area contributed by atoms with Crippen LogP contribution in [0.3, 0.4) is 0 Å². The molecule has 4 rings (SSSR count). The topological polar surface area (TPSA) is 99.1 Å². The van der Waals surface area contributed by atoms with Crippen molar-refractivity contribution in [2.75, 3.05) is 11.9 Å². The van der Waals surface area contributed by atoms with Crippen LogP contribution in [0.2, 0.25) is 0 Å². The summed E-state index contributed by atoms with van der Waals surface area (Å²) in [5, 5.41) is 11.5. The number of halogens is 1. The van der Waals surface area contributed by atoms with Gasteiger partial charge in [0.15, 0.2) is 5.17 Å². The summed E-state index contributed by atoms with van der Waals surface area (Å²) < 4.78 is 13.4. The molecule has 178 valence electrons. The first kappa shape index (κ1) is 24.2. The first-order valence-corrected chi connectivity index (χ1v) is 11.8. The largest absolute Gasteiger partial charge is 0.478 e. The lowest BCUT2D eigenvalue weighted by atomic mass is 10.1. The Morgan fingerprint density at radius 3 is 2.51 bits per heavy atom. The Balaban J connectivity index is 1.55. The smallest absolute Gasteiger partial charge is 0.335 e. The zero-order valence-corrected chi connectivity index (χ0v) is 19.4. The maximum atomic E-state index is 13.4. The molecule has 3 aromatic carbocycles. The Hall–Kier alpha value is -3.98. The Morgan fingerprint density at radius 1 is 1.06 bits per heavy atom. The second-order valence-corrected chi connectivity index (χ2v) is 9.01. The van der Waals surface area contributed by atoms with Crippen LogP contribution >= 0.6 is 11.8 Å². The molecular formula is C26H22FN3O4S. The van der Waals surface area contributed by atoms with Gasteiger partial charge in [-0.05, 0) is 54.4 Å². The third-order valence-electron chi connectivity index (χ3n) is 5.33. The molecule has 2 N–H and O–H groups in total. The molecule has 0 aromatic heterocycles. The molecule has 0 saturated carbocycles. The van der Waals surface area contributed by atoms with Crippen molar-refractivity contribution in [1.29, 1.82) is 0 Å². The van der Waals surface area contributed by atoms with Crippen molar-refractivity contribution >= 4 is 46.1 Å². The van der Waals surface area contributed by atoms with E-state index in [9.17, 15) is 23.9 Å². The maximum Gasteiger partial charge on any atom is 0.335 e. The van der Waals surface area contributed by atoms with Gasteiger partial charge in [-0.25, -0.2) is 14.2 Å².